The fourth-order valence-electron chi connectivity index (χ4n) is 5.79. The number of ether oxygens (including phenoxy) is 1. The van der Waals surface area contributed by atoms with E-state index in [0.717, 1.165) is 36.2 Å². The van der Waals surface area contributed by atoms with Crippen molar-refractivity contribution in [2.45, 2.75) is 31.7 Å². The molecule has 44 heavy (non-hydrogen) atoms. The first-order chi connectivity index (χ1) is 20.9. The summed E-state index contributed by atoms with van der Waals surface area (Å²) >= 11 is 0. The Morgan fingerprint density at radius 2 is 1.73 bits per heavy atom. The first kappa shape index (κ1) is 31.2. The van der Waals surface area contributed by atoms with Crippen LogP contribution < -0.4 is 21.5 Å². The van der Waals surface area contributed by atoms with Crippen molar-refractivity contribution in [1.82, 2.24) is 28.9 Å². The van der Waals surface area contributed by atoms with Crippen LogP contribution in [-0.2, 0) is 34.5 Å². The number of rotatable bonds is 5. The van der Waals surface area contributed by atoms with E-state index in [0.29, 0.717) is 38.2 Å². The zero-order valence-electron chi connectivity index (χ0n) is 23.7. The minimum Gasteiger partial charge on any atom is -0.475 e. The third-order valence-electron chi connectivity index (χ3n) is 8.07. The first-order valence-electron chi connectivity index (χ1n) is 13.9. The SMILES string of the molecule is Cn1c(=O)n(CC(=O)N2CCOCC2)c(=O)c2c1nc(N1CCC3CNCC31)n2Cc1ccc(F)cc1.O=C(O)C(F)(F)F. The van der Waals surface area contributed by atoms with Gasteiger partial charge in [-0.05, 0) is 30.0 Å². The van der Waals surface area contributed by atoms with Gasteiger partial charge < -0.3 is 25.0 Å². The van der Waals surface area contributed by atoms with Gasteiger partial charge in [0.25, 0.3) is 5.56 Å². The van der Waals surface area contributed by atoms with Gasteiger partial charge in [0.1, 0.15) is 12.4 Å². The number of morpholine rings is 1. The topological polar surface area (TPSA) is 144 Å². The smallest absolute Gasteiger partial charge is 0.475 e. The van der Waals surface area contributed by atoms with Gasteiger partial charge >= 0.3 is 17.8 Å². The second kappa shape index (κ2) is 12.4. The van der Waals surface area contributed by atoms with Crippen LogP contribution in [0.4, 0.5) is 23.5 Å². The lowest BCUT2D eigenvalue weighted by Gasteiger charge is -2.27. The average molecular weight is 626 g/mol. The van der Waals surface area contributed by atoms with Crippen molar-refractivity contribution >= 4 is 29.0 Å². The lowest BCUT2D eigenvalue weighted by Crippen LogP contribution is -2.47. The number of carboxylic acids is 1. The van der Waals surface area contributed by atoms with Crippen LogP contribution >= 0.6 is 0 Å². The maximum absolute atomic E-state index is 13.8. The van der Waals surface area contributed by atoms with Crippen molar-refractivity contribution in [2.24, 2.45) is 13.0 Å². The summed E-state index contributed by atoms with van der Waals surface area (Å²) in [6.07, 6.45) is -4.07. The van der Waals surface area contributed by atoms with Crippen molar-refractivity contribution < 1.29 is 37.0 Å². The Labute approximate surface area is 247 Å². The molecule has 1 aromatic carbocycles. The molecule has 3 saturated heterocycles. The lowest BCUT2D eigenvalue weighted by molar-refractivity contribution is -0.192. The number of amides is 1. The van der Waals surface area contributed by atoms with Crippen LogP contribution in [0.1, 0.15) is 12.0 Å². The molecule has 2 atom stereocenters. The number of alkyl halides is 3. The van der Waals surface area contributed by atoms with E-state index in [9.17, 15) is 31.9 Å². The molecule has 2 unspecified atom stereocenters. The lowest BCUT2D eigenvalue weighted by atomic mass is 10.1. The quantitative estimate of drug-likeness (QED) is 0.385. The van der Waals surface area contributed by atoms with Gasteiger partial charge in [0.15, 0.2) is 11.2 Å². The predicted octanol–water partition coefficient (Wildman–Crippen LogP) is 0.374. The monoisotopic (exact) mass is 625 g/mol. The molecule has 2 aromatic heterocycles. The van der Waals surface area contributed by atoms with E-state index in [2.05, 4.69) is 10.2 Å². The van der Waals surface area contributed by atoms with Gasteiger partial charge in [0.2, 0.25) is 11.9 Å². The molecule has 3 aliphatic heterocycles. The molecule has 238 valence electrons. The second-order valence-electron chi connectivity index (χ2n) is 10.8. The number of hydrogen-bond donors (Lipinski definition) is 2. The number of aromatic nitrogens is 4. The summed E-state index contributed by atoms with van der Waals surface area (Å²) in [5.41, 5.74) is 0.188. The number of imidazole rings is 1. The number of nitrogens with zero attached hydrogens (tertiary/aromatic N) is 6. The number of hydrogen-bond acceptors (Lipinski definition) is 8. The molecular weight excluding hydrogens is 594 g/mol. The number of carbonyl (C=O) groups is 2. The van der Waals surface area contributed by atoms with Gasteiger partial charge in [-0.25, -0.2) is 18.5 Å². The summed E-state index contributed by atoms with van der Waals surface area (Å²) in [5, 5.41) is 10.6. The molecular formula is C27H31F4N7O6. The Morgan fingerprint density at radius 3 is 2.36 bits per heavy atom. The third kappa shape index (κ3) is 6.19. The number of aryl methyl sites for hydroxylation is 1. The van der Waals surface area contributed by atoms with Crippen LogP contribution in [-0.4, -0.2) is 98.7 Å². The molecule has 0 bridgehead atoms. The molecule has 3 aliphatic rings. The van der Waals surface area contributed by atoms with E-state index in [-0.39, 0.29) is 42.0 Å². The molecule has 17 heteroatoms. The number of benzene rings is 1. The van der Waals surface area contributed by atoms with Crippen LogP contribution in [0.15, 0.2) is 33.9 Å². The van der Waals surface area contributed by atoms with Gasteiger partial charge in [-0.15, -0.1) is 0 Å². The van der Waals surface area contributed by atoms with Crippen molar-refractivity contribution in [3.63, 3.8) is 0 Å². The molecule has 0 saturated carbocycles. The summed E-state index contributed by atoms with van der Waals surface area (Å²) in [7, 11) is 1.57. The largest absolute Gasteiger partial charge is 0.490 e. The Balaban J connectivity index is 0.000000493. The molecule has 0 radical (unpaired) electrons. The Bertz CT molecular complexity index is 1660. The molecule has 3 aromatic rings. The molecule has 0 aliphatic carbocycles. The summed E-state index contributed by atoms with van der Waals surface area (Å²) in [6.45, 7) is 4.19. The second-order valence-corrected chi connectivity index (χ2v) is 10.8. The Hall–Kier alpha value is -4.25. The van der Waals surface area contributed by atoms with Gasteiger partial charge in [0.05, 0.1) is 19.8 Å². The van der Waals surface area contributed by atoms with Crippen molar-refractivity contribution in [3.8, 4) is 0 Å². The van der Waals surface area contributed by atoms with E-state index in [1.807, 2.05) is 4.57 Å². The van der Waals surface area contributed by atoms with Gasteiger partial charge in [0, 0.05) is 45.8 Å². The number of nitrogens with one attached hydrogen (secondary N) is 1. The highest BCUT2D eigenvalue weighted by Crippen LogP contribution is 2.33. The summed E-state index contributed by atoms with van der Waals surface area (Å²) in [5.74, 6) is -2.30. The molecule has 5 heterocycles. The van der Waals surface area contributed by atoms with E-state index in [4.69, 9.17) is 19.6 Å². The van der Waals surface area contributed by atoms with Gasteiger partial charge in [-0.1, -0.05) is 12.1 Å². The van der Waals surface area contributed by atoms with E-state index >= 15 is 0 Å². The van der Waals surface area contributed by atoms with Crippen molar-refractivity contribution in [2.75, 3.05) is 50.8 Å². The maximum Gasteiger partial charge on any atom is 0.490 e. The number of anilines is 1. The van der Waals surface area contributed by atoms with Crippen molar-refractivity contribution in [3.05, 3.63) is 56.5 Å². The average Bonchev–Trinajstić information content (AvgIpc) is 3.71. The number of fused-ring (bicyclic) bond motifs is 2. The van der Waals surface area contributed by atoms with Crippen LogP contribution in [0.3, 0.4) is 0 Å². The number of carboxylic acid groups (broad SMARTS) is 1. The molecule has 6 rings (SSSR count). The predicted molar refractivity (Wildman–Crippen MR) is 148 cm³/mol. The fraction of sp³-hybridized carbons (Fsp3) is 0.519. The zero-order valence-corrected chi connectivity index (χ0v) is 23.7. The van der Waals surface area contributed by atoms with Crippen molar-refractivity contribution in [1.29, 1.82) is 0 Å². The number of halogens is 4. The minimum absolute atomic E-state index is 0.242. The fourth-order valence-corrected chi connectivity index (χ4v) is 5.79. The Kier molecular flexibility index (Phi) is 8.78. The number of aliphatic carboxylic acids is 1. The Morgan fingerprint density at radius 1 is 1.07 bits per heavy atom. The molecule has 3 fully saturated rings. The highest BCUT2D eigenvalue weighted by molar-refractivity contribution is 5.78. The molecule has 0 spiro atoms. The van der Waals surface area contributed by atoms with Gasteiger partial charge in [-0.3, -0.25) is 18.7 Å². The molecule has 2 N–H and O–H groups in total. The minimum atomic E-state index is -5.08. The maximum atomic E-state index is 13.8. The van der Waals surface area contributed by atoms with Gasteiger partial charge in [-0.2, -0.15) is 18.2 Å². The summed E-state index contributed by atoms with van der Waals surface area (Å²) in [6, 6.07) is 6.37. The van der Waals surface area contributed by atoms with E-state index in [1.165, 1.54) is 16.7 Å². The molecule has 13 nitrogen and oxygen atoms in total. The van der Waals surface area contributed by atoms with Crippen LogP contribution in [0.25, 0.3) is 11.2 Å². The van der Waals surface area contributed by atoms with Crippen LogP contribution in [0.2, 0.25) is 0 Å². The zero-order chi connectivity index (χ0) is 31.8. The highest BCUT2D eigenvalue weighted by Gasteiger charge is 2.40. The van der Waals surface area contributed by atoms with E-state index < -0.39 is 23.4 Å². The highest BCUT2D eigenvalue weighted by atomic mass is 19.4. The summed E-state index contributed by atoms with van der Waals surface area (Å²) in [4.78, 5) is 57.6. The molecule has 1 amide bonds. The summed E-state index contributed by atoms with van der Waals surface area (Å²) < 4.78 is 54.8. The third-order valence-corrected chi connectivity index (χ3v) is 8.07. The van der Waals surface area contributed by atoms with Crippen LogP contribution in [0, 0.1) is 11.7 Å². The first-order valence-corrected chi connectivity index (χ1v) is 13.9. The standard InChI is InChI=1S/C25H30FN7O4.C2HF3O2/c1-29-22-21(23(35)33(25(29)36)15-20(34)30-8-10-37-11-9-30)32(14-16-2-4-18(26)5-3-16)24(28-22)31-7-6-17-12-27-13-19(17)31;3-2(4,5)1(6)7/h2-5,17,19,27H,6-15H2,1H3;(H,6,7). The normalized spacial score (nSPS) is 20.0. The van der Waals surface area contributed by atoms with E-state index in [1.54, 1.807) is 24.1 Å². The van der Waals surface area contributed by atoms with Crippen LogP contribution in [0.5, 0.6) is 0 Å². The number of carbonyl (C=O) groups excluding carboxylic acids is 1.